The van der Waals surface area contributed by atoms with Crippen LogP contribution < -0.4 is 10.6 Å². The highest BCUT2D eigenvalue weighted by atomic mass is 19.1. The van der Waals surface area contributed by atoms with Crippen molar-refractivity contribution in [3.63, 3.8) is 0 Å². The first-order chi connectivity index (χ1) is 14.0. The molecule has 2 N–H and O–H groups in total. The van der Waals surface area contributed by atoms with Crippen LogP contribution in [0.15, 0.2) is 77.4 Å². The quantitative estimate of drug-likeness (QED) is 0.598. The van der Waals surface area contributed by atoms with Crippen molar-refractivity contribution in [1.29, 1.82) is 0 Å². The molecule has 148 valence electrons. The number of nitrogens with one attached hydrogen (secondary N) is 2. The number of anilines is 1. The second kappa shape index (κ2) is 9.32. The minimum Gasteiger partial charge on any atom is -0.459 e. The third-order valence-corrected chi connectivity index (χ3v) is 3.84. The number of furan rings is 1. The molecule has 3 rings (SSSR count). The van der Waals surface area contributed by atoms with Crippen LogP contribution in [0, 0.1) is 5.82 Å². The highest BCUT2D eigenvalue weighted by Crippen LogP contribution is 2.20. The number of amides is 2. The van der Waals surface area contributed by atoms with E-state index in [4.69, 9.17) is 9.15 Å². The van der Waals surface area contributed by atoms with Gasteiger partial charge in [0.25, 0.3) is 11.8 Å². The number of hydrogen-bond donors (Lipinski definition) is 2. The Hall–Kier alpha value is -3.94. The van der Waals surface area contributed by atoms with Gasteiger partial charge in [-0.2, -0.15) is 0 Å². The Bertz CT molecular complexity index is 972. The molecule has 0 aliphatic carbocycles. The van der Waals surface area contributed by atoms with Crippen molar-refractivity contribution in [2.24, 2.45) is 0 Å². The lowest BCUT2D eigenvalue weighted by atomic mass is 10.1. The lowest BCUT2D eigenvalue weighted by Crippen LogP contribution is -2.33. The Balaban J connectivity index is 1.66. The van der Waals surface area contributed by atoms with Crippen molar-refractivity contribution in [2.75, 3.05) is 11.9 Å². The summed E-state index contributed by atoms with van der Waals surface area (Å²) in [6.07, 6.45) is 0.0765. The molecule has 0 unspecified atom stereocenters. The van der Waals surface area contributed by atoms with Gasteiger partial charge in [0.1, 0.15) is 12.4 Å². The van der Waals surface area contributed by atoms with Gasteiger partial charge in [-0.1, -0.05) is 30.3 Å². The first-order valence-electron chi connectivity index (χ1n) is 8.65. The molecule has 0 aliphatic heterocycles. The van der Waals surface area contributed by atoms with Crippen molar-refractivity contribution in [3.8, 4) is 0 Å². The van der Waals surface area contributed by atoms with E-state index in [1.54, 1.807) is 36.4 Å². The Morgan fingerprint density at radius 2 is 1.69 bits per heavy atom. The first kappa shape index (κ1) is 19.8. The van der Waals surface area contributed by atoms with Gasteiger partial charge < -0.3 is 19.8 Å². The molecular weight excluding hydrogens is 379 g/mol. The van der Waals surface area contributed by atoms with E-state index in [2.05, 4.69) is 10.6 Å². The summed E-state index contributed by atoms with van der Waals surface area (Å²) in [5.74, 6) is -2.41. The van der Waals surface area contributed by atoms with Crippen LogP contribution in [0.4, 0.5) is 10.1 Å². The van der Waals surface area contributed by atoms with Crippen molar-refractivity contribution < 1.29 is 27.9 Å². The predicted octanol–water partition coefficient (Wildman–Crippen LogP) is 3.07. The third-order valence-electron chi connectivity index (χ3n) is 3.84. The van der Waals surface area contributed by atoms with Gasteiger partial charge in [0.15, 0.2) is 5.76 Å². The normalized spacial score (nSPS) is 11.3. The summed E-state index contributed by atoms with van der Waals surface area (Å²) in [5.41, 5.74) is 0.789. The lowest BCUT2D eigenvalue weighted by Gasteiger charge is -2.18. The van der Waals surface area contributed by atoms with Crippen molar-refractivity contribution in [2.45, 2.75) is 6.10 Å². The summed E-state index contributed by atoms with van der Waals surface area (Å²) in [5, 5.41) is 4.93. The number of carbonyl (C=O) groups is 3. The summed E-state index contributed by atoms with van der Waals surface area (Å²) in [7, 11) is 0. The molecule has 0 radical (unpaired) electrons. The molecule has 0 aliphatic rings. The number of hydrogen-bond acceptors (Lipinski definition) is 5. The van der Waals surface area contributed by atoms with Crippen molar-refractivity contribution in [3.05, 3.63) is 90.1 Å². The summed E-state index contributed by atoms with van der Waals surface area (Å²) >= 11 is 0. The van der Waals surface area contributed by atoms with E-state index in [-0.39, 0.29) is 5.76 Å². The van der Waals surface area contributed by atoms with Crippen LogP contribution in [0.2, 0.25) is 0 Å². The Morgan fingerprint density at radius 3 is 2.34 bits per heavy atom. The van der Waals surface area contributed by atoms with E-state index in [1.807, 2.05) is 0 Å². The molecule has 0 saturated carbocycles. The second-order valence-corrected chi connectivity index (χ2v) is 5.94. The zero-order valence-corrected chi connectivity index (χ0v) is 15.1. The summed E-state index contributed by atoms with van der Waals surface area (Å²) in [6.45, 7) is -0.452. The second-order valence-electron chi connectivity index (χ2n) is 5.94. The third kappa shape index (κ3) is 5.52. The Kier molecular flexibility index (Phi) is 6.36. The number of rotatable bonds is 7. The lowest BCUT2D eigenvalue weighted by molar-refractivity contribution is -0.153. The van der Waals surface area contributed by atoms with E-state index >= 15 is 0 Å². The standard InChI is InChI=1S/C21H17FN2O5/c22-15-8-10-16(11-9-15)24-21(27)19(14-5-2-1-3-6-14)29-18(25)13-23-20(26)17-7-4-12-28-17/h1-12,19H,13H2,(H,23,26)(H,24,27)/t19-/m1/s1. The van der Waals surface area contributed by atoms with Crippen LogP contribution in [-0.2, 0) is 14.3 Å². The maximum absolute atomic E-state index is 13.0. The number of ether oxygens (including phenoxy) is 1. The topological polar surface area (TPSA) is 97.6 Å². The summed E-state index contributed by atoms with van der Waals surface area (Å²) in [4.78, 5) is 36.7. The highest BCUT2D eigenvalue weighted by molar-refractivity contribution is 5.97. The number of halogens is 1. The van der Waals surface area contributed by atoms with E-state index in [9.17, 15) is 18.8 Å². The van der Waals surface area contributed by atoms with E-state index in [1.165, 1.54) is 36.6 Å². The molecule has 2 amide bonds. The number of esters is 1. The molecule has 0 spiro atoms. The Labute approximate surface area is 165 Å². The molecule has 0 bridgehead atoms. The van der Waals surface area contributed by atoms with Gasteiger partial charge in [-0.05, 0) is 36.4 Å². The largest absolute Gasteiger partial charge is 0.459 e. The molecular formula is C21H17FN2O5. The van der Waals surface area contributed by atoms with Gasteiger partial charge in [-0.3, -0.25) is 14.4 Å². The maximum atomic E-state index is 13.0. The Morgan fingerprint density at radius 1 is 0.966 bits per heavy atom. The molecule has 8 heteroatoms. The molecule has 7 nitrogen and oxygen atoms in total. The number of benzene rings is 2. The average Bonchev–Trinajstić information content (AvgIpc) is 3.27. The van der Waals surface area contributed by atoms with Crippen molar-refractivity contribution >= 4 is 23.5 Å². The summed E-state index contributed by atoms with van der Waals surface area (Å²) in [6, 6.07) is 16.6. The molecule has 1 heterocycles. The van der Waals surface area contributed by atoms with Crippen LogP contribution >= 0.6 is 0 Å². The van der Waals surface area contributed by atoms with Crippen LogP contribution in [-0.4, -0.2) is 24.3 Å². The van der Waals surface area contributed by atoms with Crippen molar-refractivity contribution in [1.82, 2.24) is 5.32 Å². The molecule has 0 saturated heterocycles. The van der Waals surface area contributed by atoms with Crippen LogP contribution in [0.25, 0.3) is 0 Å². The van der Waals surface area contributed by atoms with Gasteiger partial charge >= 0.3 is 5.97 Å². The molecule has 0 fully saturated rings. The van der Waals surface area contributed by atoms with E-state index in [0.29, 0.717) is 11.3 Å². The zero-order chi connectivity index (χ0) is 20.6. The molecule has 1 aromatic heterocycles. The highest BCUT2D eigenvalue weighted by Gasteiger charge is 2.25. The van der Waals surface area contributed by atoms with Crippen LogP contribution in [0.3, 0.4) is 0 Å². The van der Waals surface area contributed by atoms with E-state index < -0.39 is 36.2 Å². The van der Waals surface area contributed by atoms with E-state index in [0.717, 1.165) is 0 Å². The zero-order valence-electron chi connectivity index (χ0n) is 15.1. The molecule has 2 aromatic carbocycles. The fourth-order valence-electron chi connectivity index (χ4n) is 2.46. The monoisotopic (exact) mass is 396 g/mol. The van der Waals surface area contributed by atoms with Gasteiger partial charge in [-0.25, -0.2) is 4.39 Å². The molecule has 1 atom stereocenters. The fourth-order valence-corrected chi connectivity index (χ4v) is 2.46. The minimum atomic E-state index is -1.26. The SMILES string of the molecule is O=C(CNC(=O)c1ccco1)O[C@@H](C(=O)Nc1ccc(F)cc1)c1ccccc1. The molecule has 3 aromatic rings. The van der Waals surface area contributed by atoms with Crippen LogP contribution in [0.5, 0.6) is 0 Å². The fraction of sp³-hybridized carbons (Fsp3) is 0.0952. The number of carbonyl (C=O) groups excluding carboxylic acids is 3. The minimum absolute atomic E-state index is 0.0477. The maximum Gasteiger partial charge on any atom is 0.326 e. The molecule has 29 heavy (non-hydrogen) atoms. The van der Waals surface area contributed by atoms with Gasteiger partial charge in [0.05, 0.1) is 6.26 Å². The predicted molar refractivity (Wildman–Crippen MR) is 101 cm³/mol. The summed E-state index contributed by atoms with van der Waals surface area (Å²) < 4.78 is 23.3. The smallest absolute Gasteiger partial charge is 0.326 e. The average molecular weight is 396 g/mol. The first-order valence-corrected chi connectivity index (χ1v) is 8.65. The van der Waals surface area contributed by atoms with Gasteiger partial charge in [0.2, 0.25) is 6.10 Å². The van der Waals surface area contributed by atoms with Crippen LogP contribution in [0.1, 0.15) is 22.2 Å². The van der Waals surface area contributed by atoms with Gasteiger partial charge in [-0.15, -0.1) is 0 Å². The van der Waals surface area contributed by atoms with Gasteiger partial charge in [0, 0.05) is 11.3 Å².